The van der Waals surface area contributed by atoms with Gasteiger partial charge in [-0.15, -0.1) is 12.4 Å². The van der Waals surface area contributed by atoms with Crippen molar-refractivity contribution in [2.45, 2.75) is 0 Å². The van der Waals surface area contributed by atoms with E-state index in [-0.39, 0.29) is 31.4 Å². The molecule has 16 heavy (non-hydrogen) atoms. The Hall–Kier alpha value is -1.26. The number of hydrogen-bond acceptors (Lipinski definition) is 3. The van der Waals surface area contributed by atoms with E-state index in [1.165, 1.54) is 6.08 Å². The number of rotatable bonds is 5. The van der Waals surface area contributed by atoms with Gasteiger partial charge in [-0.25, -0.2) is 4.39 Å². The van der Waals surface area contributed by atoms with E-state index < -0.39 is 0 Å². The molecule has 0 aromatic heterocycles. The van der Waals surface area contributed by atoms with E-state index in [4.69, 9.17) is 15.2 Å². The fourth-order valence-corrected chi connectivity index (χ4v) is 1.00. The van der Waals surface area contributed by atoms with Crippen LogP contribution in [0, 0.1) is 0 Å². The maximum Gasteiger partial charge on any atom is 0.123 e. The average Bonchev–Trinajstić information content (AvgIpc) is 2.29. The van der Waals surface area contributed by atoms with E-state index in [0.717, 1.165) is 0 Å². The van der Waals surface area contributed by atoms with Gasteiger partial charge < -0.3 is 15.2 Å². The van der Waals surface area contributed by atoms with Gasteiger partial charge in [0.2, 0.25) is 0 Å². The van der Waals surface area contributed by atoms with Crippen LogP contribution in [0.15, 0.2) is 36.2 Å². The molecule has 0 spiro atoms. The summed E-state index contributed by atoms with van der Waals surface area (Å²) in [4.78, 5) is 0. The van der Waals surface area contributed by atoms with Crippen LogP contribution < -0.4 is 15.2 Å². The Morgan fingerprint density at radius 3 is 2.75 bits per heavy atom. The first-order chi connectivity index (χ1) is 7.26. The second kappa shape index (κ2) is 7.96. The summed E-state index contributed by atoms with van der Waals surface area (Å²) in [6, 6.07) is 7.12. The molecule has 0 saturated heterocycles. The zero-order valence-corrected chi connectivity index (χ0v) is 9.80. The lowest BCUT2D eigenvalue weighted by Gasteiger charge is -2.05. The maximum atomic E-state index is 12.6. The highest BCUT2D eigenvalue weighted by Gasteiger charge is 1.95. The fourth-order valence-electron chi connectivity index (χ4n) is 1.00. The van der Waals surface area contributed by atoms with Gasteiger partial charge in [0.15, 0.2) is 0 Å². The molecular formula is C11H15ClFNO2. The molecule has 0 radical (unpaired) electrons. The van der Waals surface area contributed by atoms with E-state index in [9.17, 15) is 4.39 Å². The van der Waals surface area contributed by atoms with E-state index >= 15 is 0 Å². The summed E-state index contributed by atoms with van der Waals surface area (Å²) in [6.07, 6.45) is 1.31. The van der Waals surface area contributed by atoms with Gasteiger partial charge in [-0.3, -0.25) is 0 Å². The van der Waals surface area contributed by atoms with Crippen molar-refractivity contribution in [2.24, 2.45) is 5.73 Å². The normalized spacial score (nSPS) is 10.6. The minimum absolute atomic E-state index is 0. The largest absolute Gasteiger partial charge is 0.497 e. The standard InChI is InChI=1S/C11H14FNO2.ClH/c1-14-10-3-2-4-11(7-10)15-6-5-9(12)8-13;/h2-5,7H,6,8,13H2,1H3;1H/b9-5-;. The van der Waals surface area contributed by atoms with Crippen LogP contribution in [0.3, 0.4) is 0 Å². The number of nitrogens with two attached hydrogens (primary N) is 1. The molecule has 1 aromatic rings. The monoisotopic (exact) mass is 247 g/mol. The summed E-state index contributed by atoms with van der Waals surface area (Å²) in [5.74, 6) is 0.962. The average molecular weight is 248 g/mol. The molecule has 0 unspecified atom stereocenters. The smallest absolute Gasteiger partial charge is 0.123 e. The van der Waals surface area contributed by atoms with Gasteiger partial charge in [-0.2, -0.15) is 0 Å². The van der Waals surface area contributed by atoms with Crippen molar-refractivity contribution < 1.29 is 13.9 Å². The van der Waals surface area contributed by atoms with E-state index in [0.29, 0.717) is 11.5 Å². The Balaban J connectivity index is 0.00000225. The van der Waals surface area contributed by atoms with Gasteiger partial charge >= 0.3 is 0 Å². The van der Waals surface area contributed by atoms with Crippen LogP contribution in [-0.2, 0) is 0 Å². The van der Waals surface area contributed by atoms with Gasteiger partial charge in [0.05, 0.1) is 7.11 Å². The van der Waals surface area contributed by atoms with Crippen LogP contribution in [0.25, 0.3) is 0 Å². The first-order valence-electron chi connectivity index (χ1n) is 4.57. The molecule has 0 aliphatic heterocycles. The summed E-state index contributed by atoms with van der Waals surface area (Å²) in [5, 5.41) is 0. The molecule has 2 N–H and O–H groups in total. The van der Waals surface area contributed by atoms with Crippen LogP contribution in [0.4, 0.5) is 4.39 Å². The van der Waals surface area contributed by atoms with Crippen LogP contribution in [-0.4, -0.2) is 20.3 Å². The number of halogens is 2. The summed E-state index contributed by atoms with van der Waals surface area (Å²) >= 11 is 0. The Bertz CT molecular complexity index is 345. The third-order valence-electron chi connectivity index (χ3n) is 1.79. The molecule has 0 saturated carbocycles. The van der Waals surface area contributed by atoms with Gasteiger partial charge in [-0.1, -0.05) is 6.07 Å². The minimum Gasteiger partial charge on any atom is -0.497 e. The molecule has 1 aromatic carbocycles. The molecule has 0 atom stereocenters. The molecule has 0 aliphatic carbocycles. The predicted octanol–water partition coefficient (Wildman–Crippen LogP) is 2.31. The maximum absolute atomic E-state index is 12.6. The quantitative estimate of drug-likeness (QED) is 0.869. The molecule has 90 valence electrons. The van der Waals surface area contributed by atoms with Gasteiger partial charge in [0, 0.05) is 12.6 Å². The number of methoxy groups -OCH3 is 1. The zero-order valence-electron chi connectivity index (χ0n) is 8.98. The van der Waals surface area contributed by atoms with Crippen molar-refractivity contribution in [1.82, 2.24) is 0 Å². The molecule has 0 heterocycles. The molecule has 0 bridgehead atoms. The molecule has 5 heteroatoms. The first-order valence-corrected chi connectivity index (χ1v) is 4.57. The highest BCUT2D eigenvalue weighted by Crippen LogP contribution is 2.18. The minimum atomic E-state index is -0.377. The highest BCUT2D eigenvalue weighted by molar-refractivity contribution is 5.85. The number of ether oxygens (including phenoxy) is 2. The lowest BCUT2D eigenvalue weighted by atomic mass is 10.3. The molecule has 0 amide bonds. The molecule has 3 nitrogen and oxygen atoms in total. The van der Waals surface area contributed by atoms with Crippen molar-refractivity contribution >= 4 is 12.4 Å². The molecule has 0 fully saturated rings. The molecular weight excluding hydrogens is 233 g/mol. The van der Waals surface area contributed by atoms with Crippen LogP contribution in [0.2, 0.25) is 0 Å². The third kappa shape index (κ3) is 5.00. The van der Waals surface area contributed by atoms with Gasteiger partial charge in [0.1, 0.15) is 23.9 Å². The summed E-state index contributed by atoms with van der Waals surface area (Å²) in [6.45, 7) is 0.0671. The Kier molecular flexibility index (Phi) is 7.33. The summed E-state index contributed by atoms with van der Waals surface area (Å²) in [5.41, 5.74) is 5.08. The van der Waals surface area contributed by atoms with Crippen molar-refractivity contribution in [1.29, 1.82) is 0 Å². The SMILES string of the molecule is COc1cccc(OC/C=C(\F)CN)c1.Cl. The Morgan fingerprint density at radius 1 is 1.44 bits per heavy atom. The molecule has 1 rings (SSSR count). The van der Waals surface area contributed by atoms with Crippen LogP contribution in [0.1, 0.15) is 0 Å². The zero-order chi connectivity index (χ0) is 11.1. The summed E-state index contributed by atoms with van der Waals surface area (Å²) in [7, 11) is 1.58. The Morgan fingerprint density at radius 2 is 2.12 bits per heavy atom. The summed E-state index contributed by atoms with van der Waals surface area (Å²) < 4.78 is 22.9. The topological polar surface area (TPSA) is 44.5 Å². The second-order valence-electron chi connectivity index (χ2n) is 2.85. The Labute approximate surface area is 100 Å². The van der Waals surface area contributed by atoms with Gasteiger partial charge in [0.25, 0.3) is 0 Å². The van der Waals surface area contributed by atoms with Crippen molar-refractivity contribution in [3.05, 3.63) is 36.2 Å². The van der Waals surface area contributed by atoms with Gasteiger partial charge in [-0.05, 0) is 18.2 Å². The first kappa shape index (κ1) is 14.7. The number of benzene rings is 1. The lowest BCUT2D eigenvalue weighted by Crippen LogP contribution is -2.01. The third-order valence-corrected chi connectivity index (χ3v) is 1.79. The van der Waals surface area contributed by atoms with E-state index in [1.54, 1.807) is 25.3 Å². The van der Waals surface area contributed by atoms with Crippen LogP contribution in [0.5, 0.6) is 11.5 Å². The number of hydrogen-bond donors (Lipinski definition) is 1. The van der Waals surface area contributed by atoms with Crippen molar-refractivity contribution in [3.63, 3.8) is 0 Å². The van der Waals surface area contributed by atoms with Crippen molar-refractivity contribution in [2.75, 3.05) is 20.3 Å². The van der Waals surface area contributed by atoms with Crippen LogP contribution >= 0.6 is 12.4 Å². The molecule has 0 aliphatic rings. The van der Waals surface area contributed by atoms with Crippen molar-refractivity contribution in [3.8, 4) is 11.5 Å². The second-order valence-corrected chi connectivity index (χ2v) is 2.85. The fraction of sp³-hybridized carbons (Fsp3) is 0.273. The van der Waals surface area contributed by atoms with E-state index in [1.807, 2.05) is 6.07 Å². The van der Waals surface area contributed by atoms with E-state index in [2.05, 4.69) is 0 Å². The highest BCUT2D eigenvalue weighted by atomic mass is 35.5. The predicted molar refractivity (Wildman–Crippen MR) is 64.0 cm³/mol. The lowest BCUT2D eigenvalue weighted by molar-refractivity contribution is 0.353.